The summed E-state index contributed by atoms with van der Waals surface area (Å²) in [6.07, 6.45) is 0. The molecule has 26 heavy (non-hydrogen) atoms. The maximum Gasteiger partial charge on any atom is 0.175 e. The zero-order valence-corrected chi connectivity index (χ0v) is 16.2. The first kappa shape index (κ1) is 17.1. The number of ketones is 1. The van der Waals surface area contributed by atoms with Gasteiger partial charge in [-0.15, -0.1) is 11.3 Å². The smallest absolute Gasteiger partial charge is 0.175 e. The van der Waals surface area contributed by atoms with Crippen LogP contribution in [0.3, 0.4) is 0 Å². The number of nitrogens with zero attached hydrogens (tertiary/aromatic N) is 2. The Morgan fingerprint density at radius 1 is 1.12 bits per heavy atom. The van der Waals surface area contributed by atoms with Crippen molar-refractivity contribution in [1.82, 2.24) is 9.55 Å². The molecule has 3 nitrogen and oxygen atoms in total. The summed E-state index contributed by atoms with van der Waals surface area (Å²) in [6, 6.07) is 18.2. The van der Waals surface area contributed by atoms with Crippen LogP contribution in [0.25, 0.3) is 22.2 Å². The lowest BCUT2D eigenvalue weighted by molar-refractivity contribution is 0.102. The first-order valence-electron chi connectivity index (χ1n) is 8.36. The molecule has 0 saturated carbocycles. The fourth-order valence-corrected chi connectivity index (χ4v) is 4.93. The Morgan fingerprint density at radius 3 is 2.58 bits per heavy atom. The van der Waals surface area contributed by atoms with Gasteiger partial charge in [0.15, 0.2) is 10.1 Å². The number of carbonyl (C=O) groups excluding carboxylic acids is 1. The zero-order chi connectivity index (χ0) is 18.1. The van der Waals surface area contributed by atoms with Crippen molar-refractivity contribution in [2.45, 2.75) is 11.3 Å². The van der Waals surface area contributed by atoms with Crippen LogP contribution in [0, 0.1) is 6.92 Å². The van der Waals surface area contributed by atoms with Gasteiger partial charge in [-0.05, 0) is 18.6 Å². The molecule has 5 heteroatoms. The minimum atomic E-state index is 0.138. The fraction of sp³-hybridized carbons (Fsp3) is 0.143. The third kappa shape index (κ3) is 3.08. The molecule has 0 N–H and O–H groups in total. The maximum atomic E-state index is 13.2. The zero-order valence-electron chi connectivity index (χ0n) is 14.6. The molecule has 2 aromatic carbocycles. The van der Waals surface area contributed by atoms with Crippen LogP contribution in [0.15, 0.2) is 64.3 Å². The molecule has 0 amide bonds. The average molecular weight is 379 g/mol. The first-order chi connectivity index (χ1) is 12.6. The van der Waals surface area contributed by atoms with E-state index < -0.39 is 0 Å². The number of hydrogen-bond acceptors (Lipinski definition) is 4. The second-order valence-electron chi connectivity index (χ2n) is 6.13. The Labute approximate surface area is 160 Å². The van der Waals surface area contributed by atoms with Gasteiger partial charge in [-0.25, -0.2) is 4.98 Å². The van der Waals surface area contributed by atoms with Crippen molar-refractivity contribution in [3.05, 3.63) is 71.2 Å². The Balaban J connectivity index is 1.78. The summed E-state index contributed by atoms with van der Waals surface area (Å²) in [7, 11) is 2.03. The normalized spacial score (nSPS) is 11.2. The van der Waals surface area contributed by atoms with E-state index in [1.54, 1.807) is 11.3 Å². The number of carbonyl (C=O) groups is 1. The molecule has 2 aromatic heterocycles. The number of Topliss-reactive ketones (excluding diaryl/α,β-unsaturated/α-hetero) is 1. The van der Waals surface area contributed by atoms with E-state index in [9.17, 15) is 4.79 Å². The Kier molecular flexibility index (Phi) is 4.66. The molecule has 4 aromatic rings. The van der Waals surface area contributed by atoms with Crippen LogP contribution < -0.4 is 0 Å². The van der Waals surface area contributed by atoms with Crippen molar-refractivity contribution >= 4 is 39.8 Å². The number of aryl methyl sites for hydroxylation is 2. The lowest BCUT2D eigenvalue weighted by atomic mass is 10.0. The summed E-state index contributed by atoms with van der Waals surface area (Å²) >= 11 is 3.11. The summed E-state index contributed by atoms with van der Waals surface area (Å²) in [4.78, 5) is 17.6. The van der Waals surface area contributed by atoms with Crippen LogP contribution in [0.5, 0.6) is 0 Å². The van der Waals surface area contributed by atoms with E-state index in [-0.39, 0.29) is 5.78 Å². The predicted octanol–water partition coefficient (Wildman–Crippen LogP) is 5.59. The Hall–Kier alpha value is -2.37. The van der Waals surface area contributed by atoms with Crippen molar-refractivity contribution in [3.63, 3.8) is 0 Å². The maximum absolute atomic E-state index is 13.2. The van der Waals surface area contributed by atoms with E-state index in [1.165, 1.54) is 11.8 Å². The third-order valence-corrected chi connectivity index (χ3v) is 6.50. The number of rotatable bonds is 5. The molecular weight excluding hydrogens is 360 g/mol. The molecule has 0 saturated heterocycles. The minimum absolute atomic E-state index is 0.138. The van der Waals surface area contributed by atoms with Gasteiger partial charge in [0.2, 0.25) is 0 Å². The molecular formula is C21H18N2OS2. The van der Waals surface area contributed by atoms with Crippen molar-refractivity contribution in [2.24, 2.45) is 7.05 Å². The van der Waals surface area contributed by atoms with E-state index in [0.29, 0.717) is 5.75 Å². The Bertz CT molecular complexity index is 1080. The van der Waals surface area contributed by atoms with Crippen molar-refractivity contribution in [2.75, 3.05) is 5.75 Å². The second-order valence-corrected chi connectivity index (χ2v) is 8.21. The summed E-state index contributed by atoms with van der Waals surface area (Å²) in [5, 5.41) is 3.02. The van der Waals surface area contributed by atoms with Gasteiger partial charge < -0.3 is 4.57 Å². The number of benzene rings is 2. The highest BCUT2D eigenvalue weighted by molar-refractivity contribution is 8.01. The highest BCUT2D eigenvalue weighted by atomic mass is 32.2. The van der Waals surface area contributed by atoms with Crippen LogP contribution in [0.4, 0.5) is 0 Å². The molecule has 0 atom stereocenters. The molecule has 0 aliphatic rings. The van der Waals surface area contributed by atoms with Gasteiger partial charge in [-0.2, -0.15) is 0 Å². The molecule has 0 spiro atoms. The second kappa shape index (κ2) is 7.09. The molecule has 4 rings (SSSR count). The van der Waals surface area contributed by atoms with E-state index >= 15 is 0 Å². The number of para-hydroxylation sites is 1. The molecule has 2 heterocycles. The highest BCUT2D eigenvalue weighted by Crippen LogP contribution is 2.34. The number of fused-ring (bicyclic) bond motifs is 1. The van der Waals surface area contributed by atoms with Gasteiger partial charge in [0, 0.05) is 29.0 Å². The van der Waals surface area contributed by atoms with Crippen LogP contribution >= 0.6 is 23.1 Å². The fourth-order valence-electron chi connectivity index (χ4n) is 3.21. The van der Waals surface area contributed by atoms with Gasteiger partial charge >= 0.3 is 0 Å². The number of thiazole rings is 1. The van der Waals surface area contributed by atoms with E-state index in [0.717, 1.165) is 37.8 Å². The first-order valence-corrected chi connectivity index (χ1v) is 10.2. The van der Waals surface area contributed by atoms with Crippen LogP contribution in [-0.4, -0.2) is 21.1 Å². The largest absolute Gasteiger partial charge is 0.343 e. The minimum Gasteiger partial charge on any atom is -0.343 e. The van der Waals surface area contributed by atoms with E-state index in [4.69, 9.17) is 0 Å². The summed E-state index contributed by atoms with van der Waals surface area (Å²) in [5.41, 5.74) is 4.91. The molecule has 130 valence electrons. The van der Waals surface area contributed by atoms with E-state index in [2.05, 4.69) is 27.8 Å². The topological polar surface area (TPSA) is 34.9 Å². The molecule has 0 radical (unpaired) electrons. The average Bonchev–Trinajstić information content (AvgIpc) is 3.22. The van der Waals surface area contributed by atoms with Crippen molar-refractivity contribution in [3.8, 4) is 11.3 Å². The summed E-state index contributed by atoms with van der Waals surface area (Å²) in [6.45, 7) is 1.97. The summed E-state index contributed by atoms with van der Waals surface area (Å²) in [5.74, 6) is 0.527. The van der Waals surface area contributed by atoms with Gasteiger partial charge in [-0.1, -0.05) is 60.3 Å². The summed E-state index contributed by atoms with van der Waals surface area (Å²) < 4.78 is 3.06. The monoisotopic (exact) mass is 378 g/mol. The van der Waals surface area contributed by atoms with Gasteiger partial charge in [-0.3, -0.25) is 4.79 Å². The van der Waals surface area contributed by atoms with E-state index in [1.807, 2.05) is 55.7 Å². The molecule has 0 fully saturated rings. The molecule has 0 bridgehead atoms. The predicted molar refractivity (Wildman–Crippen MR) is 110 cm³/mol. The number of thioether (sulfide) groups is 1. The SMILES string of the molecule is Cc1csc(SCC(=O)c2c(-c3ccccc3)n(C)c3ccccc23)n1. The third-order valence-electron chi connectivity index (χ3n) is 4.36. The molecule has 0 aliphatic heterocycles. The van der Waals surface area contributed by atoms with Crippen LogP contribution in [0.2, 0.25) is 0 Å². The lowest BCUT2D eigenvalue weighted by Gasteiger charge is -2.07. The Morgan fingerprint density at radius 2 is 1.85 bits per heavy atom. The number of aromatic nitrogens is 2. The van der Waals surface area contributed by atoms with Gasteiger partial charge in [0.05, 0.1) is 17.0 Å². The lowest BCUT2D eigenvalue weighted by Crippen LogP contribution is -2.05. The van der Waals surface area contributed by atoms with Gasteiger partial charge in [0.25, 0.3) is 0 Å². The van der Waals surface area contributed by atoms with Crippen LogP contribution in [-0.2, 0) is 7.05 Å². The van der Waals surface area contributed by atoms with Crippen molar-refractivity contribution < 1.29 is 4.79 Å². The quantitative estimate of drug-likeness (QED) is 0.336. The molecule has 0 unspecified atom stereocenters. The number of hydrogen-bond donors (Lipinski definition) is 0. The van der Waals surface area contributed by atoms with Crippen molar-refractivity contribution in [1.29, 1.82) is 0 Å². The van der Waals surface area contributed by atoms with Gasteiger partial charge in [0.1, 0.15) is 0 Å². The molecule has 0 aliphatic carbocycles. The highest BCUT2D eigenvalue weighted by Gasteiger charge is 2.22. The standard InChI is InChI=1S/C21H18N2OS2/c1-14-12-25-21(22-14)26-13-18(24)19-16-10-6-7-11-17(16)23(2)20(19)15-8-4-3-5-9-15/h3-12H,13H2,1-2H3. The van der Waals surface area contributed by atoms with Crippen LogP contribution in [0.1, 0.15) is 16.1 Å².